The highest BCUT2D eigenvalue weighted by Crippen LogP contribution is 2.15. The van der Waals surface area contributed by atoms with Gasteiger partial charge in [-0.25, -0.2) is 0 Å². The van der Waals surface area contributed by atoms with Crippen LogP contribution in [0.5, 0.6) is 0 Å². The molecule has 0 bridgehead atoms. The number of benzene rings is 1. The molecule has 0 aliphatic rings. The quantitative estimate of drug-likeness (QED) is 0.249. The molecule has 0 aromatic heterocycles. The Morgan fingerprint density at radius 1 is 0.900 bits per heavy atom. The van der Waals surface area contributed by atoms with Crippen molar-refractivity contribution < 1.29 is 0 Å². The van der Waals surface area contributed by atoms with Gasteiger partial charge in [-0.05, 0) is 68.8 Å². The van der Waals surface area contributed by atoms with Crippen LogP contribution in [0.3, 0.4) is 0 Å². The molecule has 0 saturated heterocycles. The van der Waals surface area contributed by atoms with Crippen LogP contribution in [0.25, 0.3) is 0 Å². The van der Waals surface area contributed by atoms with E-state index in [0.717, 1.165) is 31.5 Å². The van der Waals surface area contributed by atoms with Gasteiger partial charge < -0.3 is 10.2 Å². The molecule has 1 rings (SSSR count). The van der Waals surface area contributed by atoms with E-state index in [9.17, 15) is 0 Å². The van der Waals surface area contributed by atoms with Crippen LogP contribution in [-0.2, 0) is 0 Å². The highest BCUT2D eigenvalue weighted by atomic mass is 32.1. The summed E-state index contributed by atoms with van der Waals surface area (Å²) in [6.45, 7) is 10.1. The average Bonchev–Trinajstić information content (AvgIpc) is 2.75. The van der Waals surface area contributed by atoms with Crippen molar-refractivity contribution in [1.82, 2.24) is 21.6 Å². The van der Waals surface area contributed by atoms with Crippen LogP contribution in [0.2, 0.25) is 0 Å². The summed E-state index contributed by atoms with van der Waals surface area (Å²) >= 11 is 10.1. The average molecular weight is 449 g/mol. The highest BCUT2D eigenvalue weighted by molar-refractivity contribution is 7.80. The molecule has 1 aromatic carbocycles. The van der Waals surface area contributed by atoms with Gasteiger partial charge >= 0.3 is 0 Å². The van der Waals surface area contributed by atoms with Crippen LogP contribution in [0.1, 0.15) is 46.1 Å². The van der Waals surface area contributed by atoms with E-state index < -0.39 is 0 Å². The number of hydrogen-bond acceptors (Lipinski definition) is 6. The van der Waals surface area contributed by atoms with Crippen LogP contribution in [0.15, 0.2) is 39.6 Å². The maximum Gasteiger partial charge on any atom is 0.207 e. The van der Waals surface area contributed by atoms with Gasteiger partial charge in [-0.2, -0.15) is 15.3 Å². The maximum atomic E-state index is 5.18. The molecule has 1 aromatic rings. The zero-order valence-electron chi connectivity index (χ0n) is 18.3. The number of anilines is 1. The van der Waals surface area contributed by atoms with Crippen LogP contribution in [0.4, 0.5) is 5.69 Å². The Morgan fingerprint density at radius 3 is 1.93 bits per heavy atom. The van der Waals surface area contributed by atoms with Crippen molar-refractivity contribution >= 4 is 58.0 Å². The minimum atomic E-state index is 0.283. The van der Waals surface area contributed by atoms with Crippen molar-refractivity contribution in [3.05, 3.63) is 29.8 Å². The molecule has 0 fully saturated rings. The van der Waals surface area contributed by atoms with Crippen LogP contribution in [0, 0.1) is 0 Å². The first-order chi connectivity index (χ1) is 14.4. The molecule has 0 aliphatic carbocycles. The summed E-state index contributed by atoms with van der Waals surface area (Å²) < 4.78 is 0. The smallest absolute Gasteiger partial charge is 0.207 e. The van der Waals surface area contributed by atoms with Gasteiger partial charge in [-0.3, -0.25) is 16.3 Å². The lowest BCUT2D eigenvalue weighted by molar-refractivity contribution is 0.745. The zero-order valence-corrected chi connectivity index (χ0v) is 20.0. The fourth-order valence-electron chi connectivity index (χ4n) is 2.36. The summed E-state index contributed by atoms with van der Waals surface area (Å²) in [4.78, 5) is 2.39. The number of hydrogen-bond donors (Lipinski definition) is 4. The van der Waals surface area contributed by atoms with E-state index >= 15 is 0 Å². The Labute approximate surface area is 190 Å². The van der Waals surface area contributed by atoms with Gasteiger partial charge in [0.25, 0.3) is 0 Å². The van der Waals surface area contributed by atoms with E-state index in [1.165, 1.54) is 5.69 Å². The molecule has 8 nitrogen and oxygen atoms in total. The molecule has 164 valence electrons. The Balaban J connectivity index is 2.55. The monoisotopic (exact) mass is 448 g/mol. The van der Waals surface area contributed by atoms with Crippen LogP contribution in [-0.4, -0.2) is 48.0 Å². The lowest BCUT2D eigenvalue weighted by atomic mass is 10.2. The van der Waals surface area contributed by atoms with Gasteiger partial charge in [0.15, 0.2) is 5.11 Å². The maximum absolute atomic E-state index is 5.18. The number of thiocarbonyl (C=S) groups is 2. The predicted octanol–water partition coefficient (Wildman–Crippen LogP) is 2.96. The van der Waals surface area contributed by atoms with Crippen LogP contribution < -0.4 is 26.5 Å². The van der Waals surface area contributed by atoms with E-state index in [2.05, 4.69) is 67.8 Å². The number of rotatable bonds is 10. The van der Waals surface area contributed by atoms with Gasteiger partial charge in [0.1, 0.15) is 0 Å². The second-order valence-electron chi connectivity index (χ2n) is 6.47. The SMILES string of the molecule is CCCN(CCC)c1ccc(/C=N/NC(=S)NN=C(C)C(C)=NNC(=S)NC)cc1. The topological polar surface area (TPSA) is 88.4 Å². The van der Waals surface area contributed by atoms with E-state index in [0.29, 0.717) is 16.5 Å². The summed E-state index contributed by atoms with van der Waals surface area (Å²) in [6.07, 6.45) is 3.98. The van der Waals surface area contributed by atoms with Crippen molar-refractivity contribution in [2.45, 2.75) is 40.5 Å². The summed E-state index contributed by atoms with van der Waals surface area (Å²) in [5.41, 5.74) is 11.7. The molecule has 0 atom stereocenters. The summed E-state index contributed by atoms with van der Waals surface area (Å²) in [7, 11) is 1.72. The van der Waals surface area contributed by atoms with Gasteiger partial charge in [0.2, 0.25) is 5.11 Å². The Bertz CT molecular complexity index is 766. The van der Waals surface area contributed by atoms with E-state index in [4.69, 9.17) is 24.4 Å². The fraction of sp³-hybridized carbons (Fsp3) is 0.450. The molecule has 0 spiro atoms. The second kappa shape index (κ2) is 14.4. The molecule has 0 radical (unpaired) electrons. The minimum absolute atomic E-state index is 0.283. The standard InChI is InChI=1S/C20H32N8S2/c1-6-12-28(13-7-2)18-10-8-17(9-11-18)14-22-25-20(30)27-24-16(4)15(3)23-26-19(29)21-5/h8-11,14H,6-7,12-13H2,1-5H3,(H2,21,26,29)(H2,25,27,30)/b22-14+,23-15?,24-16?. The zero-order chi connectivity index (χ0) is 22.4. The van der Waals surface area contributed by atoms with Crippen molar-refractivity contribution in [2.75, 3.05) is 25.0 Å². The van der Waals surface area contributed by atoms with Crippen LogP contribution >= 0.6 is 24.4 Å². The molecule has 0 amide bonds. The van der Waals surface area contributed by atoms with Gasteiger partial charge in [0, 0.05) is 25.8 Å². The molecule has 0 saturated carbocycles. The first-order valence-electron chi connectivity index (χ1n) is 9.91. The molecule has 0 aliphatic heterocycles. The van der Waals surface area contributed by atoms with Crippen molar-refractivity contribution in [3.63, 3.8) is 0 Å². The molecule has 0 heterocycles. The third kappa shape index (κ3) is 9.75. The fourth-order valence-corrected chi connectivity index (χ4v) is 2.50. The van der Waals surface area contributed by atoms with Gasteiger partial charge in [0.05, 0.1) is 17.6 Å². The number of hydrazone groups is 3. The van der Waals surface area contributed by atoms with E-state index in [1.54, 1.807) is 13.3 Å². The molecule has 30 heavy (non-hydrogen) atoms. The summed E-state index contributed by atoms with van der Waals surface area (Å²) in [6, 6.07) is 8.32. The minimum Gasteiger partial charge on any atom is -0.372 e. The molecular weight excluding hydrogens is 416 g/mol. The highest BCUT2D eigenvalue weighted by Gasteiger charge is 2.03. The third-order valence-corrected chi connectivity index (χ3v) is 4.50. The van der Waals surface area contributed by atoms with Crippen molar-refractivity contribution in [3.8, 4) is 0 Å². The number of nitrogens with zero attached hydrogens (tertiary/aromatic N) is 4. The van der Waals surface area contributed by atoms with Crippen molar-refractivity contribution in [1.29, 1.82) is 0 Å². The van der Waals surface area contributed by atoms with Gasteiger partial charge in [-0.1, -0.05) is 26.0 Å². The van der Waals surface area contributed by atoms with Crippen molar-refractivity contribution in [2.24, 2.45) is 15.3 Å². The summed E-state index contributed by atoms with van der Waals surface area (Å²) in [5, 5.41) is 15.9. The molecule has 10 heteroatoms. The molecular formula is C20H32N8S2. The van der Waals surface area contributed by atoms with Gasteiger partial charge in [-0.15, -0.1) is 0 Å². The molecule has 4 N–H and O–H groups in total. The largest absolute Gasteiger partial charge is 0.372 e. The predicted molar refractivity (Wildman–Crippen MR) is 137 cm³/mol. The Kier molecular flexibility index (Phi) is 12.2. The Hall–Kier alpha value is -2.59. The Morgan fingerprint density at radius 2 is 1.43 bits per heavy atom. The van der Waals surface area contributed by atoms with E-state index in [1.807, 2.05) is 26.0 Å². The van der Waals surface area contributed by atoms with E-state index in [-0.39, 0.29) is 5.11 Å². The summed E-state index contributed by atoms with van der Waals surface area (Å²) in [5.74, 6) is 0. The first kappa shape index (κ1) is 25.4. The lowest BCUT2D eigenvalue weighted by Crippen LogP contribution is -2.31. The first-order valence-corrected chi connectivity index (χ1v) is 10.7. The third-order valence-electron chi connectivity index (χ3n) is 4.03. The molecule has 0 unspecified atom stereocenters. The number of nitrogens with one attached hydrogen (secondary N) is 4. The lowest BCUT2D eigenvalue weighted by Gasteiger charge is -2.23. The second-order valence-corrected chi connectivity index (χ2v) is 7.29. The normalized spacial score (nSPS) is 11.9.